The Morgan fingerprint density at radius 2 is 1.80 bits per heavy atom. The zero-order valence-corrected chi connectivity index (χ0v) is 17.7. The van der Waals surface area contributed by atoms with Crippen LogP contribution in [0.25, 0.3) is 0 Å². The topological polar surface area (TPSA) is 41.6 Å². The summed E-state index contributed by atoms with van der Waals surface area (Å²) in [5, 5.41) is 3.66. The average molecular weight is 421 g/mol. The fourth-order valence-electron chi connectivity index (χ4n) is 3.68. The van der Waals surface area contributed by atoms with Gasteiger partial charge in [-0.3, -0.25) is 4.79 Å². The number of hydrogen-bond acceptors (Lipinski definition) is 3. The Morgan fingerprint density at radius 1 is 1.07 bits per heavy atom. The van der Waals surface area contributed by atoms with Crippen molar-refractivity contribution in [3.63, 3.8) is 0 Å². The van der Waals surface area contributed by atoms with Crippen molar-refractivity contribution in [3.05, 3.63) is 94.5 Å². The zero-order valence-electron chi connectivity index (χ0n) is 17.0. The van der Waals surface area contributed by atoms with Crippen LogP contribution in [0.1, 0.15) is 23.1 Å². The van der Waals surface area contributed by atoms with E-state index in [9.17, 15) is 4.79 Å². The van der Waals surface area contributed by atoms with E-state index >= 15 is 0 Å². The maximum atomic E-state index is 12.7. The molecule has 0 radical (unpaired) electrons. The fraction of sp³-hybridized carbons (Fsp3) is 0.240. The third-order valence-corrected chi connectivity index (χ3v) is 5.74. The third-order valence-electron chi connectivity index (χ3n) is 5.38. The zero-order chi connectivity index (χ0) is 20.9. The molecule has 4 nitrogen and oxygen atoms in total. The van der Waals surface area contributed by atoms with Crippen LogP contribution in [0.15, 0.2) is 72.8 Å². The van der Waals surface area contributed by atoms with E-state index in [4.69, 9.17) is 16.3 Å². The maximum absolute atomic E-state index is 12.7. The minimum atomic E-state index is -0.0487. The highest BCUT2D eigenvalue weighted by Gasteiger charge is 2.29. The molecule has 0 saturated carbocycles. The van der Waals surface area contributed by atoms with Crippen molar-refractivity contribution in [1.29, 1.82) is 0 Å². The highest BCUT2D eigenvalue weighted by atomic mass is 35.5. The van der Waals surface area contributed by atoms with Crippen LogP contribution in [0, 0.1) is 6.92 Å². The summed E-state index contributed by atoms with van der Waals surface area (Å²) in [6.07, 6.45) is 0.352. The van der Waals surface area contributed by atoms with Crippen LogP contribution < -0.4 is 15.0 Å². The molecule has 1 amide bonds. The lowest BCUT2D eigenvalue weighted by Crippen LogP contribution is -2.45. The Bertz CT molecular complexity index is 1020. The number of amides is 1. The number of nitrogens with one attached hydrogen (secondary N) is 1. The molecule has 0 saturated heterocycles. The minimum Gasteiger partial charge on any atom is -0.489 e. The largest absolute Gasteiger partial charge is 0.489 e. The molecular weight excluding hydrogens is 396 g/mol. The second kappa shape index (κ2) is 9.23. The van der Waals surface area contributed by atoms with Crippen LogP contribution in [0.2, 0.25) is 5.02 Å². The number of halogens is 1. The van der Waals surface area contributed by atoms with Gasteiger partial charge in [0, 0.05) is 18.1 Å². The van der Waals surface area contributed by atoms with Crippen molar-refractivity contribution in [2.75, 3.05) is 11.5 Å². The summed E-state index contributed by atoms with van der Waals surface area (Å²) in [4.78, 5) is 15.0. The smallest absolute Gasteiger partial charge is 0.222 e. The van der Waals surface area contributed by atoms with Gasteiger partial charge in [0.15, 0.2) is 0 Å². The molecule has 1 heterocycles. The van der Waals surface area contributed by atoms with Gasteiger partial charge in [0.25, 0.3) is 0 Å². The van der Waals surface area contributed by atoms with Crippen LogP contribution >= 0.6 is 11.6 Å². The van der Waals surface area contributed by atoms with Gasteiger partial charge in [-0.1, -0.05) is 71.8 Å². The normalized spacial score (nSPS) is 15.3. The van der Waals surface area contributed by atoms with Crippen LogP contribution in [0.5, 0.6) is 5.75 Å². The van der Waals surface area contributed by atoms with E-state index in [1.54, 1.807) is 0 Å². The van der Waals surface area contributed by atoms with Gasteiger partial charge in [-0.25, -0.2) is 0 Å². The Kier molecular flexibility index (Phi) is 6.24. The van der Waals surface area contributed by atoms with Gasteiger partial charge in [-0.2, -0.15) is 0 Å². The molecule has 0 unspecified atom stereocenters. The number of carbonyl (C=O) groups excluding carboxylic acids is 1. The number of para-hydroxylation sites is 2. The first-order chi connectivity index (χ1) is 14.6. The molecule has 4 rings (SSSR count). The minimum absolute atomic E-state index is 0.0168. The number of fused-ring (bicyclic) bond motifs is 1. The van der Waals surface area contributed by atoms with Gasteiger partial charge >= 0.3 is 0 Å². The molecular formula is C25H25ClN2O2. The molecule has 0 bridgehead atoms. The summed E-state index contributed by atoms with van der Waals surface area (Å²) >= 11 is 6.20. The lowest BCUT2D eigenvalue weighted by molar-refractivity contribution is -0.121. The first-order valence-electron chi connectivity index (χ1n) is 10.1. The molecule has 30 heavy (non-hydrogen) atoms. The number of carbonyl (C=O) groups is 1. The summed E-state index contributed by atoms with van der Waals surface area (Å²) in [7, 11) is 0. The van der Waals surface area contributed by atoms with Crippen molar-refractivity contribution in [2.24, 2.45) is 0 Å². The number of nitrogens with zero attached hydrogens (tertiary/aromatic N) is 1. The Morgan fingerprint density at radius 3 is 2.60 bits per heavy atom. The first kappa shape index (κ1) is 20.3. The van der Waals surface area contributed by atoms with E-state index in [-0.39, 0.29) is 11.9 Å². The highest BCUT2D eigenvalue weighted by Crippen LogP contribution is 2.35. The van der Waals surface area contributed by atoms with Gasteiger partial charge in [-0.05, 0) is 36.2 Å². The quantitative estimate of drug-likeness (QED) is 0.601. The lowest BCUT2D eigenvalue weighted by Gasteiger charge is -2.38. The van der Waals surface area contributed by atoms with Crippen molar-refractivity contribution in [2.45, 2.75) is 32.5 Å². The van der Waals surface area contributed by atoms with Crippen molar-refractivity contribution < 1.29 is 9.53 Å². The molecule has 154 valence electrons. The predicted octanol–water partition coefficient (Wildman–Crippen LogP) is 5.12. The van der Waals surface area contributed by atoms with Gasteiger partial charge in [0.1, 0.15) is 12.4 Å². The Labute approximate surface area is 182 Å². The van der Waals surface area contributed by atoms with Crippen LogP contribution in [0.3, 0.4) is 0 Å². The van der Waals surface area contributed by atoms with E-state index in [1.165, 1.54) is 11.1 Å². The van der Waals surface area contributed by atoms with Crippen LogP contribution in [-0.4, -0.2) is 18.6 Å². The number of aryl methyl sites for hydroxylation is 1. The van der Waals surface area contributed by atoms with Crippen LogP contribution in [-0.2, 0) is 17.9 Å². The number of benzene rings is 3. The molecule has 3 aromatic rings. The second-order valence-electron chi connectivity index (χ2n) is 7.62. The molecule has 0 aliphatic carbocycles. The summed E-state index contributed by atoms with van der Waals surface area (Å²) < 4.78 is 5.96. The van der Waals surface area contributed by atoms with E-state index < -0.39 is 0 Å². The molecule has 1 aliphatic rings. The molecule has 0 fully saturated rings. The molecule has 5 heteroatoms. The molecule has 1 atom stereocenters. The first-order valence-corrected chi connectivity index (χ1v) is 10.5. The number of rotatable bonds is 6. The Balaban J connectivity index is 1.48. The molecule has 1 aliphatic heterocycles. The van der Waals surface area contributed by atoms with Gasteiger partial charge in [0.05, 0.1) is 18.2 Å². The van der Waals surface area contributed by atoms with Gasteiger partial charge in [0.2, 0.25) is 5.91 Å². The Hall–Kier alpha value is -2.98. The summed E-state index contributed by atoms with van der Waals surface area (Å²) in [6, 6.07) is 24.0. The van der Waals surface area contributed by atoms with Crippen molar-refractivity contribution in [1.82, 2.24) is 5.32 Å². The van der Waals surface area contributed by atoms with Gasteiger partial charge < -0.3 is 15.0 Å². The fourth-order valence-corrected chi connectivity index (χ4v) is 3.89. The predicted molar refractivity (Wildman–Crippen MR) is 121 cm³/mol. The standard InChI is InChI=1S/C25H25ClN2O2/c1-18-10-12-19(13-11-18)16-28-21(17-30-24-9-5-4-8-23(24)28)14-25(29)27-15-20-6-2-3-7-22(20)26/h2-13,21H,14-17H2,1H3,(H,27,29)/t21-/m0/s1. The SMILES string of the molecule is Cc1ccc(CN2c3ccccc3OC[C@@H]2CC(=O)NCc2ccccc2Cl)cc1. The summed E-state index contributed by atoms with van der Waals surface area (Å²) in [5.74, 6) is 0.842. The molecule has 0 spiro atoms. The van der Waals surface area contributed by atoms with Crippen molar-refractivity contribution >= 4 is 23.2 Å². The monoisotopic (exact) mass is 420 g/mol. The average Bonchev–Trinajstić information content (AvgIpc) is 2.76. The number of hydrogen-bond donors (Lipinski definition) is 1. The van der Waals surface area contributed by atoms with Crippen LogP contribution in [0.4, 0.5) is 5.69 Å². The lowest BCUT2D eigenvalue weighted by atomic mass is 10.1. The summed E-state index contributed by atoms with van der Waals surface area (Å²) in [5.41, 5.74) is 4.37. The second-order valence-corrected chi connectivity index (χ2v) is 8.03. The molecule has 3 aromatic carbocycles. The van der Waals surface area contributed by atoms with Crippen molar-refractivity contribution in [3.8, 4) is 5.75 Å². The van der Waals surface area contributed by atoms with E-state index in [2.05, 4.69) is 47.5 Å². The highest BCUT2D eigenvalue weighted by molar-refractivity contribution is 6.31. The number of ether oxygens (including phenoxy) is 1. The van der Waals surface area contributed by atoms with E-state index in [0.717, 1.165) is 23.5 Å². The van der Waals surface area contributed by atoms with E-state index in [1.807, 2.05) is 42.5 Å². The molecule has 0 aromatic heterocycles. The number of anilines is 1. The summed E-state index contributed by atoms with van der Waals surface area (Å²) in [6.45, 7) is 3.70. The maximum Gasteiger partial charge on any atom is 0.222 e. The van der Waals surface area contributed by atoms with E-state index in [0.29, 0.717) is 24.6 Å². The van der Waals surface area contributed by atoms with Gasteiger partial charge in [-0.15, -0.1) is 0 Å². The molecule has 1 N–H and O–H groups in total. The third kappa shape index (κ3) is 4.77.